The highest BCUT2D eigenvalue weighted by molar-refractivity contribution is 6.01. The molecule has 0 spiro atoms. The summed E-state index contributed by atoms with van der Waals surface area (Å²) in [5, 5.41) is 0. The third-order valence-corrected chi connectivity index (χ3v) is 1.15. The van der Waals surface area contributed by atoms with Crippen LogP contribution in [-0.2, 0) is 4.74 Å². The molecule has 0 unspecified atom stereocenters. The molecule has 0 radical (unpaired) electrons. The fourth-order valence-corrected chi connectivity index (χ4v) is 0.512. The van der Waals surface area contributed by atoms with E-state index in [0.29, 0.717) is 11.7 Å². The molecule has 3 heteroatoms. The first-order valence-corrected chi connectivity index (χ1v) is 4.33. The Morgan fingerprint density at radius 2 is 1.69 bits per heavy atom. The van der Waals surface area contributed by atoms with E-state index in [-0.39, 0.29) is 0 Å². The maximum absolute atomic E-state index is 4.95. The van der Waals surface area contributed by atoms with E-state index in [1.54, 1.807) is 14.2 Å². The zero-order valence-electron chi connectivity index (χ0n) is 9.51. The summed E-state index contributed by atoms with van der Waals surface area (Å²) in [6.45, 7) is 11.3. The van der Waals surface area contributed by atoms with Crippen LogP contribution in [0.1, 0.15) is 27.7 Å². The van der Waals surface area contributed by atoms with Crippen LogP contribution in [0.4, 0.5) is 0 Å². The molecule has 0 aromatic heterocycles. The summed E-state index contributed by atoms with van der Waals surface area (Å²) in [5.41, 5.74) is 0.801. The summed E-state index contributed by atoms with van der Waals surface area (Å²) in [7, 11) is 3.25. The van der Waals surface area contributed by atoms with Gasteiger partial charge in [-0.2, -0.15) is 4.99 Å². The van der Waals surface area contributed by atoms with Gasteiger partial charge in [0.25, 0.3) is 0 Å². The second-order valence-corrected chi connectivity index (χ2v) is 2.17. The highest BCUT2D eigenvalue weighted by atomic mass is 16.5. The summed E-state index contributed by atoms with van der Waals surface area (Å²) in [6.07, 6.45) is 0. The highest BCUT2D eigenvalue weighted by Gasteiger charge is 1.97. The van der Waals surface area contributed by atoms with Crippen molar-refractivity contribution in [3.8, 4) is 0 Å². The predicted molar refractivity (Wildman–Crippen MR) is 59.6 cm³/mol. The summed E-state index contributed by atoms with van der Waals surface area (Å²) in [4.78, 5) is 7.92. The molecule has 0 aliphatic heterocycles. The molecule has 0 aliphatic rings. The van der Waals surface area contributed by atoms with Crippen LogP contribution in [0, 0.1) is 0 Å². The number of nitrogens with zero attached hydrogens (tertiary/aromatic N) is 2. The van der Waals surface area contributed by atoms with Gasteiger partial charge in [0.1, 0.15) is 5.84 Å². The standard InChI is InChI=1S/C8H14N2O.C2H6/c1-6(2)8(11-5)10-7(3)9-4;1-2/h1H2,2-5H3;1-2H3. The van der Waals surface area contributed by atoms with Crippen molar-refractivity contribution in [2.75, 3.05) is 14.2 Å². The van der Waals surface area contributed by atoms with E-state index in [0.717, 1.165) is 5.57 Å². The number of amidine groups is 1. The Bertz CT molecular complexity index is 205. The summed E-state index contributed by atoms with van der Waals surface area (Å²) in [5.74, 6) is 1.22. The van der Waals surface area contributed by atoms with E-state index in [4.69, 9.17) is 4.74 Å². The normalized spacial score (nSPS) is 11.5. The molecule has 0 saturated heterocycles. The summed E-state index contributed by atoms with van der Waals surface area (Å²) >= 11 is 0. The van der Waals surface area contributed by atoms with Crippen LogP contribution in [0.5, 0.6) is 0 Å². The molecule has 3 nitrogen and oxygen atoms in total. The van der Waals surface area contributed by atoms with Crippen LogP contribution in [0.2, 0.25) is 0 Å². The van der Waals surface area contributed by atoms with Crippen LogP contribution in [-0.4, -0.2) is 25.9 Å². The zero-order valence-corrected chi connectivity index (χ0v) is 9.51. The molecule has 0 bridgehead atoms. The fraction of sp³-hybridized carbons (Fsp3) is 0.600. The number of hydrogen-bond acceptors (Lipinski definition) is 2. The quantitative estimate of drug-likeness (QED) is 0.455. The van der Waals surface area contributed by atoms with Crippen molar-refractivity contribution >= 4 is 11.7 Å². The molecule has 0 fully saturated rings. The molecule has 0 amide bonds. The van der Waals surface area contributed by atoms with Crippen molar-refractivity contribution < 1.29 is 4.74 Å². The van der Waals surface area contributed by atoms with Gasteiger partial charge in [0.2, 0.25) is 5.90 Å². The van der Waals surface area contributed by atoms with Gasteiger partial charge >= 0.3 is 0 Å². The van der Waals surface area contributed by atoms with Gasteiger partial charge in [0.15, 0.2) is 0 Å². The molecular weight excluding hydrogens is 164 g/mol. The Morgan fingerprint density at radius 3 is 1.92 bits per heavy atom. The second kappa shape index (κ2) is 8.97. The molecular formula is C10H20N2O. The summed E-state index contributed by atoms with van der Waals surface area (Å²) < 4.78 is 4.95. The zero-order chi connectivity index (χ0) is 10.9. The number of hydrogen-bond donors (Lipinski definition) is 0. The second-order valence-electron chi connectivity index (χ2n) is 2.17. The van der Waals surface area contributed by atoms with Crippen molar-refractivity contribution in [2.45, 2.75) is 27.7 Å². The number of rotatable bonds is 1. The average Bonchev–Trinajstić information content (AvgIpc) is 2.16. The van der Waals surface area contributed by atoms with Crippen LogP contribution in [0.25, 0.3) is 0 Å². The molecule has 76 valence electrons. The number of methoxy groups -OCH3 is 1. The molecule has 0 saturated carbocycles. The lowest BCUT2D eigenvalue weighted by Crippen LogP contribution is -2.04. The van der Waals surface area contributed by atoms with Crippen LogP contribution < -0.4 is 0 Å². The minimum atomic E-state index is 0.535. The Morgan fingerprint density at radius 1 is 1.23 bits per heavy atom. The largest absolute Gasteiger partial charge is 0.481 e. The Kier molecular flexibility index (Phi) is 9.94. The first-order valence-electron chi connectivity index (χ1n) is 4.33. The van der Waals surface area contributed by atoms with Crippen molar-refractivity contribution in [3.05, 3.63) is 12.2 Å². The van der Waals surface area contributed by atoms with Crippen LogP contribution >= 0.6 is 0 Å². The highest BCUT2D eigenvalue weighted by Crippen LogP contribution is 1.95. The molecule has 0 heterocycles. The summed E-state index contributed by atoms with van der Waals surface area (Å²) in [6, 6.07) is 0. The molecule has 0 rings (SSSR count). The lowest BCUT2D eigenvalue weighted by atomic mass is 10.3. The van der Waals surface area contributed by atoms with Crippen molar-refractivity contribution in [3.63, 3.8) is 0 Å². The maximum atomic E-state index is 4.95. The third-order valence-electron chi connectivity index (χ3n) is 1.15. The first-order chi connectivity index (χ1) is 6.11. The van der Waals surface area contributed by atoms with Crippen molar-refractivity contribution in [1.82, 2.24) is 0 Å². The maximum Gasteiger partial charge on any atom is 0.217 e. The Balaban J connectivity index is 0. The van der Waals surface area contributed by atoms with Gasteiger partial charge in [0, 0.05) is 12.6 Å². The van der Waals surface area contributed by atoms with Crippen molar-refractivity contribution in [2.24, 2.45) is 9.98 Å². The van der Waals surface area contributed by atoms with Gasteiger partial charge in [-0.05, 0) is 13.8 Å². The van der Waals surface area contributed by atoms with Crippen molar-refractivity contribution in [1.29, 1.82) is 0 Å². The fourth-order valence-electron chi connectivity index (χ4n) is 0.512. The van der Waals surface area contributed by atoms with E-state index in [9.17, 15) is 0 Å². The van der Waals surface area contributed by atoms with Gasteiger partial charge in [-0.1, -0.05) is 20.4 Å². The van der Waals surface area contributed by atoms with E-state index < -0.39 is 0 Å². The molecule has 13 heavy (non-hydrogen) atoms. The van der Waals surface area contributed by atoms with E-state index in [1.807, 2.05) is 27.7 Å². The number of ether oxygens (including phenoxy) is 1. The SMILES string of the molecule is C=C(C)C(=NC(C)=NC)OC.CC. The molecule has 0 atom stereocenters. The minimum absolute atomic E-state index is 0.535. The van der Waals surface area contributed by atoms with E-state index in [1.165, 1.54) is 0 Å². The predicted octanol–water partition coefficient (Wildman–Crippen LogP) is 2.68. The van der Waals surface area contributed by atoms with Gasteiger partial charge in [-0.15, -0.1) is 0 Å². The van der Waals surface area contributed by atoms with Gasteiger partial charge < -0.3 is 4.74 Å². The Hall–Kier alpha value is -1.12. The first kappa shape index (κ1) is 14.4. The van der Waals surface area contributed by atoms with Gasteiger partial charge in [-0.3, -0.25) is 4.99 Å². The Labute approximate surface area is 81.2 Å². The number of aliphatic imine (C=N–C) groups is 2. The minimum Gasteiger partial charge on any atom is -0.481 e. The smallest absolute Gasteiger partial charge is 0.217 e. The van der Waals surface area contributed by atoms with Crippen LogP contribution in [0.3, 0.4) is 0 Å². The third kappa shape index (κ3) is 7.25. The molecule has 0 aromatic carbocycles. The topological polar surface area (TPSA) is 34.0 Å². The average molecular weight is 184 g/mol. The lowest BCUT2D eigenvalue weighted by Gasteiger charge is -2.02. The molecule has 0 aliphatic carbocycles. The lowest BCUT2D eigenvalue weighted by molar-refractivity contribution is 0.404. The van der Waals surface area contributed by atoms with Crippen LogP contribution in [0.15, 0.2) is 22.1 Å². The monoisotopic (exact) mass is 184 g/mol. The molecule has 0 aromatic rings. The van der Waals surface area contributed by atoms with Gasteiger partial charge in [0.05, 0.1) is 7.11 Å². The molecule has 0 N–H and O–H groups in total. The van der Waals surface area contributed by atoms with Gasteiger partial charge in [-0.25, -0.2) is 0 Å². The van der Waals surface area contributed by atoms with E-state index in [2.05, 4.69) is 16.6 Å². The van der Waals surface area contributed by atoms with E-state index >= 15 is 0 Å².